The lowest BCUT2D eigenvalue weighted by Crippen LogP contribution is -2.41. The first-order chi connectivity index (χ1) is 6.74. The third kappa shape index (κ3) is 3.69. The normalized spacial score (nSPS) is 25.6. The molecule has 1 N–H and O–H groups in total. The SMILES string of the molecule is C#CCCN1CCCCC1CC(C)O. The molecule has 0 amide bonds. The second kappa shape index (κ2) is 6.06. The fourth-order valence-corrected chi connectivity index (χ4v) is 2.22. The van der Waals surface area contributed by atoms with Crippen molar-refractivity contribution in [1.82, 2.24) is 4.90 Å². The van der Waals surface area contributed by atoms with Crippen molar-refractivity contribution < 1.29 is 5.11 Å². The van der Waals surface area contributed by atoms with Gasteiger partial charge in [0.05, 0.1) is 6.10 Å². The number of hydrogen-bond donors (Lipinski definition) is 1. The van der Waals surface area contributed by atoms with Gasteiger partial charge in [-0.1, -0.05) is 6.42 Å². The molecule has 0 aromatic rings. The Hall–Kier alpha value is -0.520. The molecule has 80 valence electrons. The van der Waals surface area contributed by atoms with E-state index in [2.05, 4.69) is 10.8 Å². The molecule has 0 aromatic carbocycles. The summed E-state index contributed by atoms with van der Waals surface area (Å²) in [5.41, 5.74) is 0. The van der Waals surface area contributed by atoms with Gasteiger partial charge in [-0.15, -0.1) is 12.3 Å². The molecule has 0 spiro atoms. The summed E-state index contributed by atoms with van der Waals surface area (Å²) in [7, 11) is 0. The van der Waals surface area contributed by atoms with Gasteiger partial charge in [0.2, 0.25) is 0 Å². The van der Waals surface area contributed by atoms with Crippen LogP contribution in [0.5, 0.6) is 0 Å². The highest BCUT2D eigenvalue weighted by Crippen LogP contribution is 2.20. The van der Waals surface area contributed by atoms with Gasteiger partial charge >= 0.3 is 0 Å². The van der Waals surface area contributed by atoms with Crippen LogP contribution in [-0.2, 0) is 0 Å². The Bertz CT molecular complexity index is 195. The molecule has 1 rings (SSSR count). The number of nitrogens with zero attached hydrogens (tertiary/aromatic N) is 1. The van der Waals surface area contributed by atoms with Crippen LogP contribution < -0.4 is 0 Å². The fourth-order valence-electron chi connectivity index (χ4n) is 2.22. The first-order valence-corrected chi connectivity index (χ1v) is 5.59. The molecule has 2 heteroatoms. The summed E-state index contributed by atoms with van der Waals surface area (Å²) in [6.07, 6.45) is 10.6. The van der Waals surface area contributed by atoms with Crippen LogP contribution in [0.3, 0.4) is 0 Å². The summed E-state index contributed by atoms with van der Waals surface area (Å²) in [6, 6.07) is 0.553. The highest BCUT2D eigenvalue weighted by Gasteiger charge is 2.22. The molecule has 0 aromatic heterocycles. The average molecular weight is 195 g/mol. The molecule has 0 saturated carbocycles. The first-order valence-electron chi connectivity index (χ1n) is 5.59. The maximum absolute atomic E-state index is 9.38. The second-order valence-corrected chi connectivity index (χ2v) is 4.22. The number of aliphatic hydroxyl groups is 1. The number of terminal acetylenes is 1. The van der Waals surface area contributed by atoms with Crippen LogP contribution >= 0.6 is 0 Å². The Morgan fingerprint density at radius 1 is 1.57 bits per heavy atom. The van der Waals surface area contributed by atoms with E-state index in [0.717, 1.165) is 25.9 Å². The van der Waals surface area contributed by atoms with Gasteiger partial charge in [-0.3, -0.25) is 4.90 Å². The Balaban J connectivity index is 2.38. The van der Waals surface area contributed by atoms with E-state index in [4.69, 9.17) is 6.42 Å². The summed E-state index contributed by atoms with van der Waals surface area (Å²) in [4.78, 5) is 2.44. The van der Waals surface area contributed by atoms with Gasteiger partial charge in [0.25, 0.3) is 0 Å². The predicted octanol–water partition coefficient (Wildman–Crippen LogP) is 1.64. The summed E-state index contributed by atoms with van der Waals surface area (Å²) in [6.45, 7) is 4.01. The monoisotopic (exact) mass is 195 g/mol. The van der Waals surface area contributed by atoms with Crippen LogP contribution in [0.2, 0.25) is 0 Å². The van der Waals surface area contributed by atoms with Crippen LogP contribution in [-0.4, -0.2) is 35.2 Å². The van der Waals surface area contributed by atoms with Crippen molar-refractivity contribution >= 4 is 0 Å². The van der Waals surface area contributed by atoms with Crippen molar-refractivity contribution in [1.29, 1.82) is 0 Å². The van der Waals surface area contributed by atoms with Gasteiger partial charge in [0, 0.05) is 19.0 Å². The highest BCUT2D eigenvalue weighted by atomic mass is 16.3. The number of piperidine rings is 1. The second-order valence-electron chi connectivity index (χ2n) is 4.22. The minimum atomic E-state index is -0.188. The molecule has 14 heavy (non-hydrogen) atoms. The molecule has 2 atom stereocenters. The standard InChI is InChI=1S/C12H21NO/c1-3-4-8-13-9-6-5-7-12(13)10-11(2)14/h1,11-12,14H,4-10H2,2H3. The fraction of sp³-hybridized carbons (Fsp3) is 0.833. The Kier molecular flexibility index (Phi) is 5.00. The van der Waals surface area contributed by atoms with E-state index >= 15 is 0 Å². The zero-order valence-corrected chi connectivity index (χ0v) is 9.08. The third-order valence-electron chi connectivity index (χ3n) is 2.91. The molecule has 1 aliphatic heterocycles. The average Bonchev–Trinajstić information content (AvgIpc) is 2.16. The van der Waals surface area contributed by atoms with Crippen LogP contribution in [0.4, 0.5) is 0 Å². The van der Waals surface area contributed by atoms with E-state index in [9.17, 15) is 5.11 Å². The predicted molar refractivity (Wildman–Crippen MR) is 59.0 cm³/mol. The van der Waals surface area contributed by atoms with Crippen molar-refractivity contribution in [2.45, 2.75) is 51.2 Å². The van der Waals surface area contributed by atoms with Gasteiger partial charge < -0.3 is 5.11 Å². The molecule has 2 nitrogen and oxygen atoms in total. The van der Waals surface area contributed by atoms with Crippen molar-refractivity contribution in [3.8, 4) is 12.3 Å². The lowest BCUT2D eigenvalue weighted by Gasteiger charge is -2.36. The van der Waals surface area contributed by atoms with Gasteiger partial charge in [-0.05, 0) is 32.7 Å². The molecule has 1 saturated heterocycles. The number of aliphatic hydroxyl groups excluding tert-OH is 1. The van der Waals surface area contributed by atoms with Crippen LogP contribution in [0.1, 0.15) is 39.0 Å². The summed E-state index contributed by atoms with van der Waals surface area (Å²) in [5, 5.41) is 9.38. The third-order valence-corrected chi connectivity index (χ3v) is 2.91. The molecule has 0 aliphatic carbocycles. The number of likely N-dealkylation sites (tertiary alicyclic amines) is 1. The van der Waals surface area contributed by atoms with Crippen molar-refractivity contribution in [3.05, 3.63) is 0 Å². The lowest BCUT2D eigenvalue weighted by atomic mass is 9.97. The topological polar surface area (TPSA) is 23.5 Å². The smallest absolute Gasteiger partial charge is 0.0527 e. The zero-order valence-electron chi connectivity index (χ0n) is 9.08. The first kappa shape index (κ1) is 11.6. The minimum Gasteiger partial charge on any atom is -0.393 e. The maximum atomic E-state index is 9.38. The van der Waals surface area contributed by atoms with Crippen molar-refractivity contribution in [3.63, 3.8) is 0 Å². The van der Waals surface area contributed by atoms with E-state index in [1.165, 1.54) is 19.3 Å². The van der Waals surface area contributed by atoms with Gasteiger partial charge in [0.15, 0.2) is 0 Å². The molecule has 1 aliphatic rings. The van der Waals surface area contributed by atoms with E-state index in [-0.39, 0.29) is 6.10 Å². The Morgan fingerprint density at radius 3 is 3.00 bits per heavy atom. The lowest BCUT2D eigenvalue weighted by molar-refractivity contribution is 0.0886. The Morgan fingerprint density at radius 2 is 2.36 bits per heavy atom. The van der Waals surface area contributed by atoms with Crippen LogP contribution in [0, 0.1) is 12.3 Å². The van der Waals surface area contributed by atoms with Crippen molar-refractivity contribution in [2.75, 3.05) is 13.1 Å². The minimum absolute atomic E-state index is 0.188. The quantitative estimate of drug-likeness (QED) is 0.689. The molecular formula is C12H21NO. The largest absolute Gasteiger partial charge is 0.393 e. The molecule has 2 unspecified atom stereocenters. The maximum Gasteiger partial charge on any atom is 0.0527 e. The van der Waals surface area contributed by atoms with Crippen molar-refractivity contribution in [2.24, 2.45) is 0 Å². The van der Waals surface area contributed by atoms with E-state index in [1.807, 2.05) is 6.92 Å². The van der Waals surface area contributed by atoms with E-state index in [0.29, 0.717) is 6.04 Å². The van der Waals surface area contributed by atoms with E-state index < -0.39 is 0 Å². The highest BCUT2D eigenvalue weighted by molar-refractivity contribution is 4.87. The summed E-state index contributed by atoms with van der Waals surface area (Å²) < 4.78 is 0. The molecule has 1 fully saturated rings. The van der Waals surface area contributed by atoms with Gasteiger partial charge in [0.1, 0.15) is 0 Å². The van der Waals surface area contributed by atoms with Crippen LogP contribution in [0.25, 0.3) is 0 Å². The molecule has 1 heterocycles. The zero-order chi connectivity index (χ0) is 10.4. The van der Waals surface area contributed by atoms with Gasteiger partial charge in [-0.25, -0.2) is 0 Å². The number of hydrogen-bond acceptors (Lipinski definition) is 2. The Labute approximate surface area is 87.3 Å². The molecule has 0 radical (unpaired) electrons. The molecule has 0 bridgehead atoms. The van der Waals surface area contributed by atoms with Crippen LogP contribution in [0.15, 0.2) is 0 Å². The van der Waals surface area contributed by atoms with E-state index in [1.54, 1.807) is 0 Å². The summed E-state index contributed by atoms with van der Waals surface area (Å²) >= 11 is 0. The number of rotatable bonds is 4. The summed E-state index contributed by atoms with van der Waals surface area (Å²) in [5.74, 6) is 2.68. The molecular weight excluding hydrogens is 174 g/mol. The van der Waals surface area contributed by atoms with Gasteiger partial charge in [-0.2, -0.15) is 0 Å².